The van der Waals surface area contributed by atoms with Gasteiger partial charge in [0.05, 0.1) is 0 Å². The van der Waals surface area contributed by atoms with Gasteiger partial charge in [-0.2, -0.15) is 4.31 Å². The fourth-order valence-corrected chi connectivity index (χ4v) is 4.42. The van der Waals surface area contributed by atoms with Crippen LogP contribution in [0.15, 0.2) is 23.4 Å². The van der Waals surface area contributed by atoms with Gasteiger partial charge in [-0.3, -0.25) is 4.98 Å². The summed E-state index contributed by atoms with van der Waals surface area (Å²) in [6, 6.07) is 2.33. The molecule has 1 fully saturated rings. The third-order valence-corrected chi connectivity index (χ3v) is 6.43. The summed E-state index contributed by atoms with van der Waals surface area (Å²) in [5, 5.41) is 0. The van der Waals surface area contributed by atoms with Gasteiger partial charge in [0.25, 0.3) is 0 Å². The number of aromatic nitrogens is 1. The highest BCUT2D eigenvalue weighted by atomic mass is 32.2. The number of sulfonamides is 1. The van der Waals surface area contributed by atoms with Crippen molar-refractivity contribution in [1.82, 2.24) is 14.2 Å². The van der Waals surface area contributed by atoms with Crippen LogP contribution >= 0.6 is 0 Å². The Hall–Kier alpha value is -0.980. The molecule has 6 heteroatoms. The molecule has 1 aromatic rings. The second kappa shape index (κ2) is 6.42. The van der Waals surface area contributed by atoms with Gasteiger partial charge in [-0.25, -0.2) is 8.42 Å². The summed E-state index contributed by atoms with van der Waals surface area (Å²) in [5.74, 6) is 0. The van der Waals surface area contributed by atoms with E-state index in [9.17, 15) is 8.42 Å². The first-order chi connectivity index (χ1) is 9.84. The normalized spacial score (nSPS) is 18.6. The Bertz CT molecular complexity index is 578. The summed E-state index contributed by atoms with van der Waals surface area (Å²) < 4.78 is 27.0. The van der Waals surface area contributed by atoms with Crippen LogP contribution in [-0.2, 0) is 10.0 Å². The molecule has 0 radical (unpaired) electrons. The zero-order valence-electron chi connectivity index (χ0n) is 13.3. The van der Waals surface area contributed by atoms with Crippen LogP contribution in [0.2, 0.25) is 0 Å². The van der Waals surface area contributed by atoms with Crippen LogP contribution in [0.4, 0.5) is 0 Å². The van der Waals surface area contributed by atoms with Crippen molar-refractivity contribution in [2.75, 3.05) is 20.1 Å². The van der Waals surface area contributed by atoms with Gasteiger partial charge in [-0.15, -0.1) is 0 Å². The molecule has 1 aromatic heterocycles. The van der Waals surface area contributed by atoms with Gasteiger partial charge in [0.1, 0.15) is 4.90 Å². The van der Waals surface area contributed by atoms with E-state index in [4.69, 9.17) is 0 Å². The minimum Gasteiger partial charge on any atom is -0.301 e. The largest absolute Gasteiger partial charge is 0.301 e. The number of rotatable bonds is 4. The minimum atomic E-state index is -3.45. The molecule has 5 nitrogen and oxygen atoms in total. The van der Waals surface area contributed by atoms with Crippen molar-refractivity contribution in [2.45, 2.75) is 50.6 Å². The summed E-state index contributed by atoms with van der Waals surface area (Å²) in [4.78, 5) is 6.67. The van der Waals surface area contributed by atoms with Crippen LogP contribution in [0, 0.1) is 6.92 Å². The van der Waals surface area contributed by atoms with Crippen molar-refractivity contribution in [3.63, 3.8) is 0 Å². The molecule has 0 amide bonds. The van der Waals surface area contributed by atoms with E-state index in [1.54, 1.807) is 19.3 Å². The number of hydrogen-bond acceptors (Lipinski definition) is 4. The first-order valence-electron chi connectivity index (χ1n) is 7.46. The molecule has 1 aliphatic rings. The van der Waals surface area contributed by atoms with E-state index in [0.717, 1.165) is 31.5 Å². The maximum atomic E-state index is 12.7. The van der Waals surface area contributed by atoms with Crippen LogP contribution in [0.3, 0.4) is 0 Å². The Morgan fingerprint density at radius 1 is 1.33 bits per heavy atom. The summed E-state index contributed by atoms with van der Waals surface area (Å²) in [6.07, 6.45) is 4.83. The Balaban J connectivity index is 2.13. The van der Waals surface area contributed by atoms with Gasteiger partial charge in [0, 0.05) is 31.5 Å². The van der Waals surface area contributed by atoms with Crippen LogP contribution in [0.25, 0.3) is 0 Å². The van der Waals surface area contributed by atoms with Crippen molar-refractivity contribution < 1.29 is 8.42 Å². The Labute approximate surface area is 128 Å². The molecule has 118 valence electrons. The number of pyridine rings is 1. The molecular formula is C15H25N3O2S. The van der Waals surface area contributed by atoms with Gasteiger partial charge in [-0.1, -0.05) is 0 Å². The van der Waals surface area contributed by atoms with E-state index in [0.29, 0.717) is 10.9 Å². The number of likely N-dealkylation sites (tertiary alicyclic amines) is 1. The average molecular weight is 311 g/mol. The molecule has 1 aliphatic heterocycles. The van der Waals surface area contributed by atoms with E-state index in [1.807, 2.05) is 6.92 Å². The quantitative estimate of drug-likeness (QED) is 0.852. The van der Waals surface area contributed by atoms with Crippen molar-refractivity contribution in [3.8, 4) is 0 Å². The Morgan fingerprint density at radius 3 is 2.48 bits per heavy atom. The molecule has 2 rings (SSSR count). The topological polar surface area (TPSA) is 53.5 Å². The third-order valence-electron chi connectivity index (χ3n) is 4.39. The lowest BCUT2D eigenvalue weighted by molar-refractivity contribution is 0.140. The van der Waals surface area contributed by atoms with Crippen molar-refractivity contribution in [1.29, 1.82) is 0 Å². The lowest BCUT2D eigenvalue weighted by Crippen LogP contribution is -2.47. The van der Waals surface area contributed by atoms with Gasteiger partial charge >= 0.3 is 0 Å². The molecule has 0 N–H and O–H groups in total. The zero-order valence-corrected chi connectivity index (χ0v) is 14.1. The smallest absolute Gasteiger partial charge is 0.244 e. The monoisotopic (exact) mass is 311 g/mol. The fraction of sp³-hybridized carbons (Fsp3) is 0.667. The molecule has 2 heterocycles. The lowest BCUT2D eigenvalue weighted by Gasteiger charge is -2.38. The maximum Gasteiger partial charge on any atom is 0.244 e. The standard InChI is InChI=1S/C15H25N3O2S/c1-12(2)18-9-6-14(7-10-18)17(4)21(19,20)15-11-16-8-5-13(15)3/h5,8,11-12,14H,6-7,9-10H2,1-4H3. The molecule has 0 atom stereocenters. The first-order valence-corrected chi connectivity index (χ1v) is 8.90. The van der Waals surface area contributed by atoms with Crippen LogP contribution in [0.1, 0.15) is 32.3 Å². The van der Waals surface area contributed by atoms with Crippen LogP contribution < -0.4 is 0 Å². The predicted octanol–water partition coefficient (Wildman–Crippen LogP) is 1.88. The molecule has 21 heavy (non-hydrogen) atoms. The van der Waals surface area contributed by atoms with Crippen molar-refractivity contribution in [3.05, 3.63) is 24.0 Å². The second-order valence-corrected chi connectivity index (χ2v) is 7.99. The molecule has 0 unspecified atom stereocenters. The molecule has 0 aromatic carbocycles. The van der Waals surface area contributed by atoms with E-state index in [-0.39, 0.29) is 6.04 Å². The Kier molecular flexibility index (Phi) is 5.01. The number of piperidine rings is 1. The Morgan fingerprint density at radius 2 is 1.95 bits per heavy atom. The summed E-state index contributed by atoms with van der Waals surface area (Å²) >= 11 is 0. The number of nitrogens with zero attached hydrogens (tertiary/aromatic N) is 3. The van der Waals surface area contributed by atoms with E-state index < -0.39 is 10.0 Å². The molecule has 1 saturated heterocycles. The second-order valence-electron chi connectivity index (χ2n) is 6.02. The van der Waals surface area contributed by atoms with Crippen molar-refractivity contribution >= 4 is 10.0 Å². The third kappa shape index (κ3) is 3.44. The van der Waals surface area contributed by atoms with Crippen LogP contribution in [-0.4, -0.2) is 54.8 Å². The van der Waals surface area contributed by atoms with Gasteiger partial charge in [0.15, 0.2) is 0 Å². The highest BCUT2D eigenvalue weighted by Gasteiger charge is 2.32. The van der Waals surface area contributed by atoms with Crippen molar-refractivity contribution in [2.24, 2.45) is 0 Å². The van der Waals surface area contributed by atoms with E-state index in [1.165, 1.54) is 10.5 Å². The van der Waals surface area contributed by atoms with Gasteiger partial charge in [-0.05, 0) is 58.3 Å². The average Bonchev–Trinajstić information content (AvgIpc) is 2.46. The molecular weight excluding hydrogens is 286 g/mol. The number of hydrogen-bond donors (Lipinski definition) is 0. The van der Waals surface area contributed by atoms with E-state index >= 15 is 0 Å². The molecule has 0 aliphatic carbocycles. The summed E-state index contributed by atoms with van der Waals surface area (Å²) in [5.41, 5.74) is 0.747. The highest BCUT2D eigenvalue weighted by Crippen LogP contribution is 2.24. The molecule has 0 bridgehead atoms. The van der Waals surface area contributed by atoms with Gasteiger partial charge in [0.2, 0.25) is 10.0 Å². The fourth-order valence-electron chi connectivity index (χ4n) is 2.84. The van der Waals surface area contributed by atoms with E-state index in [2.05, 4.69) is 23.7 Å². The lowest BCUT2D eigenvalue weighted by atomic mass is 10.0. The SMILES string of the molecule is Cc1ccncc1S(=O)(=O)N(C)C1CCN(C(C)C)CC1. The predicted molar refractivity (Wildman–Crippen MR) is 83.7 cm³/mol. The molecule has 0 spiro atoms. The summed E-state index contributed by atoms with van der Waals surface area (Å²) in [6.45, 7) is 8.08. The van der Waals surface area contributed by atoms with Crippen LogP contribution in [0.5, 0.6) is 0 Å². The zero-order chi connectivity index (χ0) is 15.6. The highest BCUT2D eigenvalue weighted by molar-refractivity contribution is 7.89. The number of aryl methyl sites for hydroxylation is 1. The summed E-state index contributed by atoms with van der Waals surface area (Å²) in [7, 11) is -1.76. The van der Waals surface area contributed by atoms with Gasteiger partial charge < -0.3 is 4.90 Å². The minimum absolute atomic E-state index is 0.0737. The first kappa shape index (κ1) is 16.4. The molecule has 0 saturated carbocycles. The maximum absolute atomic E-state index is 12.7.